The zero-order valence-corrected chi connectivity index (χ0v) is 7.84. The van der Waals surface area contributed by atoms with E-state index in [1.807, 2.05) is 12.4 Å². The lowest BCUT2D eigenvalue weighted by molar-refractivity contribution is 0.677. The Kier molecular flexibility index (Phi) is 1.95. The molecule has 11 heavy (non-hydrogen) atoms. The molecule has 1 aromatic rings. The average molecular weight is 212 g/mol. The number of hydrogen-bond acceptors (Lipinski definition) is 1. The Labute approximate surface area is 75.0 Å². The van der Waals surface area contributed by atoms with Crippen LogP contribution in [0.3, 0.4) is 0 Å². The minimum absolute atomic E-state index is 0.564. The third-order valence-corrected chi connectivity index (χ3v) is 3.13. The molecule has 0 fully saturated rings. The van der Waals surface area contributed by atoms with Crippen LogP contribution < -0.4 is 0 Å². The van der Waals surface area contributed by atoms with Gasteiger partial charge in [-0.15, -0.1) is 0 Å². The maximum absolute atomic E-state index is 4.11. The van der Waals surface area contributed by atoms with E-state index in [9.17, 15) is 0 Å². The molecule has 58 valence electrons. The van der Waals surface area contributed by atoms with Crippen LogP contribution in [0.4, 0.5) is 0 Å². The third kappa shape index (κ3) is 1.32. The molecule has 1 aromatic heterocycles. The second-order valence-corrected chi connectivity index (χ2v) is 4.04. The largest absolute Gasteiger partial charge is 0.264 e. The molecule has 0 bridgehead atoms. The first-order chi connectivity index (χ1) is 5.38. The summed E-state index contributed by atoms with van der Waals surface area (Å²) in [6, 6.07) is 2.12. The van der Waals surface area contributed by atoms with Crippen molar-refractivity contribution in [2.24, 2.45) is 0 Å². The second-order valence-electron chi connectivity index (χ2n) is 2.93. The maximum atomic E-state index is 4.11. The molecule has 0 saturated carbocycles. The van der Waals surface area contributed by atoms with E-state index in [-0.39, 0.29) is 0 Å². The van der Waals surface area contributed by atoms with E-state index in [0.717, 1.165) is 0 Å². The highest BCUT2D eigenvalue weighted by Gasteiger charge is 2.16. The van der Waals surface area contributed by atoms with Crippen LogP contribution in [0.2, 0.25) is 0 Å². The molecule has 1 aliphatic rings. The first-order valence-electron chi connectivity index (χ1n) is 3.95. The van der Waals surface area contributed by atoms with Gasteiger partial charge in [-0.2, -0.15) is 0 Å². The molecule has 1 aliphatic carbocycles. The van der Waals surface area contributed by atoms with E-state index < -0.39 is 0 Å². The number of aryl methyl sites for hydroxylation is 1. The predicted molar refractivity (Wildman–Crippen MR) is 48.8 cm³/mol. The molecule has 0 unspecified atom stereocenters. The fraction of sp³-hybridized carbons (Fsp3) is 0.444. The topological polar surface area (TPSA) is 12.9 Å². The average Bonchev–Trinajstić information content (AvgIpc) is 2.06. The lowest BCUT2D eigenvalue weighted by Crippen LogP contribution is -2.04. The van der Waals surface area contributed by atoms with E-state index >= 15 is 0 Å². The molecule has 0 aromatic carbocycles. The van der Waals surface area contributed by atoms with Crippen molar-refractivity contribution < 1.29 is 0 Å². The summed E-state index contributed by atoms with van der Waals surface area (Å²) in [4.78, 5) is 4.68. The molecule has 0 aliphatic heterocycles. The van der Waals surface area contributed by atoms with Crippen molar-refractivity contribution in [3.05, 3.63) is 29.6 Å². The van der Waals surface area contributed by atoms with E-state index in [0.29, 0.717) is 4.83 Å². The van der Waals surface area contributed by atoms with Crippen LogP contribution in [0.15, 0.2) is 18.5 Å². The summed E-state index contributed by atoms with van der Waals surface area (Å²) >= 11 is 3.66. The van der Waals surface area contributed by atoms with Crippen molar-refractivity contribution in [1.29, 1.82) is 0 Å². The van der Waals surface area contributed by atoms with Gasteiger partial charge in [-0.1, -0.05) is 15.9 Å². The van der Waals surface area contributed by atoms with E-state index in [1.54, 1.807) is 0 Å². The van der Waals surface area contributed by atoms with Gasteiger partial charge in [0.1, 0.15) is 0 Å². The number of hydrogen-bond donors (Lipinski definition) is 0. The molecular formula is C9H10BrN. The highest BCUT2D eigenvalue weighted by Crippen LogP contribution is 2.34. The van der Waals surface area contributed by atoms with Gasteiger partial charge in [-0.25, -0.2) is 0 Å². The minimum atomic E-state index is 0.564. The summed E-state index contributed by atoms with van der Waals surface area (Å²) in [5.41, 5.74) is 2.85. The number of rotatable bonds is 0. The van der Waals surface area contributed by atoms with Crippen LogP contribution in [-0.4, -0.2) is 4.98 Å². The summed E-state index contributed by atoms with van der Waals surface area (Å²) in [7, 11) is 0. The van der Waals surface area contributed by atoms with Gasteiger partial charge in [0.25, 0.3) is 0 Å². The summed E-state index contributed by atoms with van der Waals surface area (Å²) in [6.07, 6.45) is 7.61. The normalized spacial score (nSPS) is 22.8. The van der Waals surface area contributed by atoms with Gasteiger partial charge in [-0.05, 0) is 36.5 Å². The van der Waals surface area contributed by atoms with Crippen LogP contribution in [0.1, 0.15) is 28.8 Å². The molecule has 0 amide bonds. The zero-order valence-electron chi connectivity index (χ0n) is 6.26. The van der Waals surface area contributed by atoms with E-state index in [4.69, 9.17) is 0 Å². The molecule has 1 atom stereocenters. The first kappa shape index (κ1) is 7.29. The van der Waals surface area contributed by atoms with E-state index in [2.05, 4.69) is 27.0 Å². The molecule has 2 heteroatoms. The smallest absolute Gasteiger partial charge is 0.0399 e. The van der Waals surface area contributed by atoms with Crippen LogP contribution in [0, 0.1) is 0 Å². The van der Waals surface area contributed by atoms with E-state index in [1.165, 1.54) is 30.4 Å². The Balaban J connectivity index is 2.44. The Morgan fingerprint density at radius 1 is 1.55 bits per heavy atom. The number of fused-ring (bicyclic) bond motifs is 1. The molecule has 0 saturated heterocycles. The van der Waals surface area contributed by atoms with Gasteiger partial charge in [-0.3, -0.25) is 4.98 Å². The highest BCUT2D eigenvalue weighted by atomic mass is 79.9. The van der Waals surface area contributed by atoms with Crippen molar-refractivity contribution in [2.45, 2.75) is 24.1 Å². The lowest BCUT2D eigenvalue weighted by atomic mass is 9.94. The number of pyridine rings is 1. The fourth-order valence-corrected chi connectivity index (χ4v) is 2.35. The zero-order chi connectivity index (χ0) is 7.68. The lowest BCUT2D eigenvalue weighted by Gasteiger charge is -2.19. The fourth-order valence-electron chi connectivity index (χ4n) is 1.58. The third-order valence-electron chi connectivity index (χ3n) is 2.18. The van der Waals surface area contributed by atoms with Crippen molar-refractivity contribution in [1.82, 2.24) is 4.98 Å². The number of aromatic nitrogens is 1. The quantitative estimate of drug-likeness (QED) is 0.602. The maximum Gasteiger partial charge on any atom is 0.0399 e. The SMILES string of the molecule is Br[C@@H]1CCCc2cnccc21. The molecule has 0 radical (unpaired) electrons. The summed E-state index contributed by atoms with van der Waals surface area (Å²) in [5, 5.41) is 0. The number of halogens is 1. The molecular weight excluding hydrogens is 202 g/mol. The van der Waals surface area contributed by atoms with Crippen molar-refractivity contribution in [3.63, 3.8) is 0 Å². The molecule has 1 nitrogen and oxygen atoms in total. The summed E-state index contributed by atoms with van der Waals surface area (Å²) < 4.78 is 0. The Bertz CT molecular complexity index is 259. The summed E-state index contributed by atoms with van der Waals surface area (Å²) in [6.45, 7) is 0. The monoisotopic (exact) mass is 211 g/mol. The standard InChI is InChI=1S/C9H10BrN/c10-9-3-1-2-7-6-11-5-4-8(7)9/h4-6,9H,1-3H2/t9-/m1/s1. The second kappa shape index (κ2) is 2.94. The van der Waals surface area contributed by atoms with Gasteiger partial charge in [0.2, 0.25) is 0 Å². The Hall–Kier alpha value is -0.370. The number of alkyl halides is 1. The van der Waals surface area contributed by atoms with Gasteiger partial charge in [0, 0.05) is 17.2 Å². The highest BCUT2D eigenvalue weighted by molar-refractivity contribution is 9.09. The van der Waals surface area contributed by atoms with Crippen LogP contribution in [0.25, 0.3) is 0 Å². The molecule has 1 heterocycles. The Morgan fingerprint density at radius 3 is 3.27 bits per heavy atom. The van der Waals surface area contributed by atoms with Gasteiger partial charge in [0.05, 0.1) is 0 Å². The van der Waals surface area contributed by atoms with Gasteiger partial charge in [0.15, 0.2) is 0 Å². The Morgan fingerprint density at radius 2 is 2.45 bits per heavy atom. The van der Waals surface area contributed by atoms with Crippen molar-refractivity contribution >= 4 is 15.9 Å². The molecule has 0 spiro atoms. The number of nitrogens with zero attached hydrogens (tertiary/aromatic N) is 1. The van der Waals surface area contributed by atoms with Gasteiger partial charge < -0.3 is 0 Å². The van der Waals surface area contributed by atoms with Crippen molar-refractivity contribution in [2.75, 3.05) is 0 Å². The molecule has 0 N–H and O–H groups in total. The predicted octanol–water partition coefficient (Wildman–Crippen LogP) is 2.85. The van der Waals surface area contributed by atoms with Crippen LogP contribution in [-0.2, 0) is 6.42 Å². The first-order valence-corrected chi connectivity index (χ1v) is 4.86. The van der Waals surface area contributed by atoms with Crippen LogP contribution in [0.5, 0.6) is 0 Å². The molecule has 2 rings (SSSR count). The minimum Gasteiger partial charge on any atom is -0.264 e. The summed E-state index contributed by atoms with van der Waals surface area (Å²) in [5.74, 6) is 0. The van der Waals surface area contributed by atoms with Crippen LogP contribution >= 0.6 is 15.9 Å². The van der Waals surface area contributed by atoms with Gasteiger partial charge >= 0.3 is 0 Å². The van der Waals surface area contributed by atoms with Crippen molar-refractivity contribution in [3.8, 4) is 0 Å².